The zero-order valence-corrected chi connectivity index (χ0v) is 17.5. The van der Waals surface area contributed by atoms with Gasteiger partial charge in [-0.1, -0.05) is 23.8 Å². The summed E-state index contributed by atoms with van der Waals surface area (Å²) in [5.74, 6) is 1.22. The molecule has 2 amide bonds. The lowest BCUT2D eigenvalue weighted by atomic mass is 10.1. The second-order valence-electron chi connectivity index (χ2n) is 7.46. The van der Waals surface area contributed by atoms with E-state index in [0.717, 1.165) is 11.1 Å². The highest BCUT2D eigenvalue weighted by Gasteiger charge is 2.31. The van der Waals surface area contributed by atoms with Crippen molar-refractivity contribution in [2.24, 2.45) is 0 Å². The van der Waals surface area contributed by atoms with Gasteiger partial charge in [-0.15, -0.1) is 0 Å². The summed E-state index contributed by atoms with van der Waals surface area (Å²) in [4.78, 5) is 37.5. The summed E-state index contributed by atoms with van der Waals surface area (Å²) in [6, 6.07) is 12.3. The number of hydrogen-bond acceptors (Lipinski definition) is 6. The average Bonchev–Trinajstić information content (AvgIpc) is 3.04. The zero-order valence-electron chi connectivity index (χ0n) is 16.7. The number of ether oxygens (including phenoxy) is 2. The Morgan fingerprint density at radius 1 is 1.20 bits per heavy atom. The van der Waals surface area contributed by atoms with E-state index < -0.39 is 6.04 Å². The third-order valence-electron chi connectivity index (χ3n) is 5.14. The molecule has 1 N–H and O–H groups in total. The fourth-order valence-corrected chi connectivity index (χ4v) is 4.08. The van der Waals surface area contributed by atoms with E-state index in [2.05, 4.69) is 5.32 Å². The first kappa shape index (κ1) is 20.3. The van der Waals surface area contributed by atoms with E-state index in [1.54, 1.807) is 4.90 Å². The summed E-state index contributed by atoms with van der Waals surface area (Å²) in [6.45, 7) is 4.38. The largest absolute Gasteiger partial charge is 0.491 e. The lowest BCUT2D eigenvalue weighted by molar-refractivity contribution is -0.112. The summed E-state index contributed by atoms with van der Waals surface area (Å²) < 4.78 is 11.6. The van der Waals surface area contributed by atoms with Gasteiger partial charge in [0.1, 0.15) is 24.1 Å². The number of benzene rings is 2. The van der Waals surface area contributed by atoms with E-state index >= 15 is 0 Å². The third-order valence-corrected chi connectivity index (χ3v) is 5.93. The minimum atomic E-state index is -0.481. The molecule has 1 saturated heterocycles. The highest BCUT2D eigenvalue weighted by molar-refractivity contribution is 8.26. The van der Waals surface area contributed by atoms with Crippen molar-refractivity contribution in [1.29, 1.82) is 0 Å². The van der Waals surface area contributed by atoms with Crippen molar-refractivity contribution in [2.75, 3.05) is 13.3 Å². The Labute approximate surface area is 178 Å². The van der Waals surface area contributed by atoms with Gasteiger partial charge in [-0.3, -0.25) is 19.3 Å². The molecule has 2 unspecified atom stereocenters. The summed E-state index contributed by atoms with van der Waals surface area (Å²) in [5, 5.41) is 2.20. The molecule has 2 heterocycles. The van der Waals surface area contributed by atoms with Crippen molar-refractivity contribution in [3.8, 4) is 11.5 Å². The van der Waals surface area contributed by atoms with Crippen molar-refractivity contribution in [2.45, 2.75) is 32.4 Å². The molecule has 0 radical (unpaired) electrons. The molecule has 2 aliphatic heterocycles. The van der Waals surface area contributed by atoms with E-state index in [-0.39, 0.29) is 29.0 Å². The fourth-order valence-electron chi connectivity index (χ4n) is 3.41. The number of amides is 2. The number of aryl methyl sites for hydroxylation is 1. The van der Waals surface area contributed by atoms with Crippen LogP contribution in [-0.2, 0) is 11.2 Å². The quantitative estimate of drug-likeness (QED) is 0.764. The molecule has 0 bridgehead atoms. The van der Waals surface area contributed by atoms with Gasteiger partial charge in [0, 0.05) is 18.2 Å². The standard InChI is InChI=1S/C22H22N2O5S/c1-13-3-8-19-17(9-13)20(25)24(12-29-19)14(2)11-28-16-6-4-15(5-7-16)10-18-21(26)30-22(27)23-18/h3-9,14,18H,10-12H2,1-2H3,(H,23,27). The molecule has 156 valence electrons. The molecule has 2 aromatic carbocycles. The topological polar surface area (TPSA) is 84.9 Å². The summed E-state index contributed by atoms with van der Waals surface area (Å²) in [5.41, 5.74) is 2.52. The van der Waals surface area contributed by atoms with E-state index in [1.165, 1.54) is 0 Å². The van der Waals surface area contributed by atoms with Gasteiger partial charge in [0.05, 0.1) is 11.6 Å². The van der Waals surface area contributed by atoms with Crippen molar-refractivity contribution in [3.63, 3.8) is 0 Å². The lowest BCUT2D eigenvalue weighted by Gasteiger charge is -2.33. The van der Waals surface area contributed by atoms with Crippen LogP contribution in [0.5, 0.6) is 11.5 Å². The Morgan fingerprint density at radius 3 is 2.67 bits per heavy atom. The molecule has 0 aromatic heterocycles. The third kappa shape index (κ3) is 4.28. The Morgan fingerprint density at radius 2 is 1.97 bits per heavy atom. The maximum absolute atomic E-state index is 12.8. The molecule has 8 heteroatoms. The SMILES string of the molecule is Cc1ccc2c(c1)C(=O)N(C(C)COc1ccc(CC3NC(=O)SC3=O)cc1)CO2. The van der Waals surface area contributed by atoms with Crippen LogP contribution in [0.3, 0.4) is 0 Å². The molecule has 0 saturated carbocycles. The van der Waals surface area contributed by atoms with Gasteiger partial charge in [0.25, 0.3) is 11.1 Å². The second kappa shape index (κ2) is 8.39. The highest BCUT2D eigenvalue weighted by Crippen LogP contribution is 2.27. The van der Waals surface area contributed by atoms with Crippen LogP contribution in [0.4, 0.5) is 4.79 Å². The van der Waals surface area contributed by atoms with Gasteiger partial charge < -0.3 is 14.8 Å². The monoisotopic (exact) mass is 426 g/mol. The normalized spacial score (nSPS) is 19.2. The first-order valence-electron chi connectivity index (χ1n) is 9.69. The number of thioether (sulfide) groups is 1. The van der Waals surface area contributed by atoms with Crippen LogP contribution in [0.25, 0.3) is 0 Å². The number of hydrogen-bond donors (Lipinski definition) is 1. The maximum Gasteiger partial charge on any atom is 0.287 e. The van der Waals surface area contributed by atoms with E-state index in [0.29, 0.717) is 41.9 Å². The Hall–Kier alpha value is -3.00. The van der Waals surface area contributed by atoms with Crippen LogP contribution in [0, 0.1) is 6.92 Å². The molecule has 30 heavy (non-hydrogen) atoms. The van der Waals surface area contributed by atoms with Gasteiger partial charge in [-0.05, 0) is 43.7 Å². The van der Waals surface area contributed by atoms with Crippen LogP contribution in [0.1, 0.15) is 28.4 Å². The molecule has 4 rings (SSSR count). The Kier molecular flexibility index (Phi) is 5.67. The lowest BCUT2D eigenvalue weighted by Crippen LogP contribution is -2.46. The number of carbonyl (C=O) groups excluding carboxylic acids is 3. The number of carbonyl (C=O) groups is 3. The molecule has 1 fully saturated rings. The molecule has 0 spiro atoms. The first-order valence-corrected chi connectivity index (χ1v) is 10.5. The Bertz CT molecular complexity index is 992. The zero-order chi connectivity index (χ0) is 21.3. The van der Waals surface area contributed by atoms with Crippen molar-refractivity contribution in [3.05, 3.63) is 59.2 Å². The minimum absolute atomic E-state index is 0.0625. The molecule has 7 nitrogen and oxygen atoms in total. The predicted octanol–water partition coefficient (Wildman–Crippen LogP) is 3.15. The molecule has 0 aliphatic carbocycles. The van der Waals surface area contributed by atoms with Gasteiger partial charge >= 0.3 is 0 Å². The van der Waals surface area contributed by atoms with Crippen LogP contribution in [0.2, 0.25) is 0 Å². The maximum atomic E-state index is 12.8. The van der Waals surface area contributed by atoms with Crippen molar-refractivity contribution in [1.82, 2.24) is 10.2 Å². The number of rotatable bonds is 6. The summed E-state index contributed by atoms with van der Waals surface area (Å²) >= 11 is 0.716. The van der Waals surface area contributed by atoms with Crippen LogP contribution in [-0.4, -0.2) is 46.6 Å². The number of fused-ring (bicyclic) bond motifs is 1. The van der Waals surface area contributed by atoms with Crippen LogP contribution < -0.4 is 14.8 Å². The van der Waals surface area contributed by atoms with Crippen molar-refractivity contribution < 1.29 is 23.9 Å². The van der Waals surface area contributed by atoms with E-state index in [4.69, 9.17) is 9.47 Å². The minimum Gasteiger partial charge on any atom is -0.491 e. The molecule has 2 aliphatic rings. The number of nitrogens with zero attached hydrogens (tertiary/aromatic N) is 1. The second-order valence-corrected chi connectivity index (χ2v) is 8.44. The summed E-state index contributed by atoms with van der Waals surface area (Å²) in [6.07, 6.45) is 0.451. The fraction of sp³-hybridized carbons (Fsp3) is 0.318. The van der Waals surface area contributed by atoms with E-state index in [1.807, 2.05) is 56.3 Å². The van der Waals surface area contributed by atoms with Gasteiger partial charge in [-0.2, -0.15) is 0 Å². The molecular formula is C22H22N2O5S. The smallest absolute Gasteiger partial charge is 0.287 e. The molecular weight excluding hydrogens is 404 g/mol. The number of nitrogens with one attached hydrogen (secondary N) is 1. The van der Waals surface area contributed by atoms with Crippen LogP contribution >= 0.6 is 11.8 Å². The first-order chi connectivity index (χ1) is 14.4. The van der Waals surface area contributed by atoms with Gasteiger partial charge in [-0.25, -0.2) is 0 Å². The molecule has 2 atom stereocenters. The summed E-state index contributed by atoms with van der Waals surface area (Å²) in [7, 11) is 0. The van der Waals surface area contributed by atoms with Crippen molar-refractivity contribution >= 4 is 28.0 Å². The van der Waals surface area contributed by atoms with Gasteiger partial charge in [0.2, 0.25) is 5.12 Å². The van der Waals surface area contributed by atoms with E-state index in [9.17, 15) is 14.4 Å². The predicted molar refractivity (Wildman–Crippen MR) is 113 cm³/mol. The highest BCUT2D eigenvalue weighted by atomic mass is 32.2. The van der Waals surface area contributed by atoms with Gasteiger partial charge in [0.15, 0.2) is 6.73 Å². The molecule has 2 aromatic rings. The van der Waals surface area contributed by atoms with Crippen LogP contribution in [0.15, 0.2) is 42.5 Å². The Balaban J connectivity index is 1.33. The average molecular weight is 426 g/mol.